The second-order valence-corrected chi connectivity index (χ2v) is 9.00. The third-order valence-electron chi connectivity index (χ3n) is 7.24. The molecule has 0 saturated carbocycles. The van der Waals surface area contributed by atoms with Crippen molar-refractivity contribution in [3.8, 4) is 5.69 Å². The lowest BCUT2D eigenvalue weighted by Crippen LogP contribution is -2.15. The zero-order valence-corrected chi connectivity index (χ0v) is 20.5. The summed E-state index contributed by atoms with van der Waals surface area (Å²) in [6.07, 6.45) is 7.88. The van der Waals surface area contributed by atoms with Gasteiger partial charge >= 0.3 is 0 Å². The number of fused-ring (bicyclic) bond motifs is 3. The number of rotatable bonds is 5. The van der Waals surface area contributed by atoms with Crippen LogP contribution in [-0.2, 0) is 38.5 Å². The van der Waals surface area contributed by atoms with Crippen LogP contribution in [0.3, 0.4) is 0 Å². The molecule has 1 N–H and O–H groups in total. The van der Waals surface area contributed by atoms with E-state index in [2.05, 4.69) is 74.8 Å². The number of para-hydroxylation sites is 1. The Balaban J connectivity index is 1.88. The first-order valence-corrected chi connectivity index (χ1v) is 12.5. The fourth-order valence-corrected chi connectivity index (χ4v) is 5.67. The fourth-order valence-electron chi connectivity index (χ4n) is 5.67. The van der Waals surface area contributed by atoms with Crippen molar-refractivity contribution in [3.63, 3.8) is 0 Å². The number of hydrogen-bond donors (Lipinski definition) is 1. The van der Waals surface area contributed by atoms with Crippen molar-refractivity contribution in [1.29, 1.82) is 0 Å². The molecule has 4 nitrogen and oxygen atoms in total. The van der Waals surface area contributed by atoms with E-state index in [1.807, 2.05) is 6.20 Å². The Hall–Kier alpha value is -3.14. The Morgan fingerprint density at radius 2 is 1.64 bits per heavy atom. The Bertz CT molecular complexity index is 1350. The van der Waals surface area contributed by atoms with Crippen LogP contribution in [0.25, 0.3) is 16.9 Å². The van der Waals surface area contributed by atoms with E-state index in [0.717, 1.165) is 55.5 Å². The summed E-state index contributed by atoms with van der Waals surface area (Å²) in [4.78, 5) is 9.90. The standard InChI is InChI=1S/C29H34N4/c1-6-20-21(7-2)28(33-25(9-4)32-26-18(5)16-17-30-29(26)33)22(8-3)23-15-14-19-12-10-11-13-24(19)31-27(20)23/h10-13,16-17,31H,6-9,14-15H2,1-5H3. The molecule has 3 heterocycles. The van der Waals surface area contributed by atoms with Gasteiger partial charge in [-0.05, 0) is 84.5 Å². The zero-order valence-electron chi connectivity index (χ0n) is 20.5. The van der Waals surface area contributed by atoms with Gasteiger partial charge in [0.15, 0.2) is 5.65 Å². The molecule has 0 aliphatic carbocycles. The van der Waals surface area contributed by atoms with E-state index in [1.54, 1.807) is 0 Å². The maximum Gasteiger partial charge on any atom is 0.164 e. The molecule has 2 aromatic carbocycles. The van der Waals surface area contributed by atoms with Gasteiger partial charge in [-0.15, -0.1) is 0 Å². The smallest absolute Gasteiger partial charge is 0.164 e. The highest BCUT2D eigenvalue weighted by Crippen LogP contribution is 2.42. The van der Waals surface area contributed by atoms with Crippen molar-refractivity contribution < 1.29 is 0 Å². The van der Waals surface area contributed by atoms with Gasteiger partial charge in [-0.2, -0.15) is 0 Å². The summed E-state index contributed by atoms with van der Waals surface area (Å²) in [5.74, 6) is 1.10. The fraction of sp³-hybridized carbons (Fsp3) is 0.379. The number of hydrogen-bond acceptors (Lipinski definition) is 3. The minimum absolute atomic E-state index is 0.879. The zero-order chi connectivity index (χ0) is 23.1. The maximum absolute atomic E-state index is 5.06. The molecule has 33 heavy (non-hydrogen) atoms. The van der Waals surface area contributed by atoms with Crippen LogP contribution in [0.2, 0.25) is 0 Å². The molecule has 4 heteroatoms. The topological polar surface area (TPSA) is 42.7 Å². The lowest BCUT2D eigenvalue weighted by Gasteiger charge is -2.26. The lowest BCUT2D eigenvalue weighted by atomic mass is 9.87. The molecular weight excluding hydrogens is 404 g/mol. The maximum atomic E-state index is 5.06. The quantitative estimate of drug-likeness (QED) is 0.372. The summed E-state index contributed by atoms with van der Waals surface area (Å²) in [5, 5.41) is 3.88. The van der Waals surface area contributed by atoms with Gasteiger partial charge in [-0.3, -0.25) is 4.57 Å². The van der Waals surface area contributed by atoms with Crippen molar-refractivity contribution in [1.82, 2.24) is 14.5 Å². The van der Waals surface area contributed by atoms with Crippen LogP contribution in [0, 0.1) is 6.92 Å². The van der Waals surface area contributed by atoms with Gasteiger partial charge in [0.25, 0.3) is 0 Å². The van der Waals surface area contributed by atoms with Gasteiger partial charge in [-0.1, -0.05) is 45.9 Å². The molecule has 0 amide bonds. The summed E-state index contributed by atoms with van der Waals surface area (Å²) in [6.45, 7) is 11.2. The molecule has 0 spiro atoms. The second kappa shape index (κ2) is 8.66. The summed E-state index contributed by atoms with van der Waals surface area (Å²) in [7, 11) is 0. The molecule has 0 unspecified atom stereocenters. The molecular formula is C29H34N4. The normalized spacial score (nSPS) is 12.9. The van der Waals surface area contributed by atoms with Gasteiger partial charge in [0.05, 0.1) is 5.69 Å². The number of nitrogens with one attached hydrogen (secondary N) is 1. The number of anilines is 2. The van der Waals surface area contributed by atoms with Crippen LogP contribution < -0.4 is 5.32 Å². The molecule has 0 radical (unpaired) electrons. The summed E-state index contributed by atoms with van der Waals surface area (Å²) >= 11 is 0. The van der Waals surface area contributed by atoms with E-state index in [1.165, 1.54) is 50.4 Å². The van der Waals surface area contributed by atoms with Crippen molar-refractivity contribution in [2.45, 2.75) is 73.1 Å². The predicted molar refractivity (Wildman–Crippen MR) is 138 cm³/mol. The number of pyridine rings is 1. The molecule has 0 bridgehead atoms. The average Bonchev–Trinajstić information content (AvgIpc) is 3.11. The second-order valence-electron chi connectivity index (χ2n) is 9.00. The van der Waals surface area contributed by atoms with Crippen LogP contribution in [0.15, 0.2) is 36.5 Å². The highest BCUT2D eigenvalue weighted by Gasteiger charge is 2.27. The van der Waals surface area contributed by atoms with E-state index < -0.39 is 0 Å². The number of aryl methyl sites for hydroxylation is 3. The number of imidazole rings is 1. The summed E-state index contributed by atoms with van der Waals surface area (Å²) < 4.78 is 2.39. The molecule has 4 aromatic rings. The Labute approximate surface area is 197 Å². The SMILES string of the molecule is CCc1c(CC)c(-n2c(CC)nc3c(C)ccnc32)c(CC)c2c1Nc1ccccc1CC2. The van der Waals surface area contributed by atoms with E-state index >= 15 is 0 Å². The largest absolute Gasteiger partial charge is 0.355 e. The minimum Gasteiger partial charge on any atom is -0.355 e. The first kappa shape index (κ1) is 21.7. The molecule has 0 fully saturated rings. The minimum atomic E-state index is 0.879. The van der Waals surface area contributed by atoms with Gasteiger partial charge < -0.3 is 5.32 Å². The van der Waals surface area contributed by atoms with Crippen LogP contribution >= 0.6 is 0 Å². The third kappa shape index (κ3) is 3.35. The van der Waals surface area contributed by atoms with Crippen LogP contribution in [0.5, 0.6) is 0 Å². The molecule has 0 saturated heterocycles. The van der Waals surface area contributed by atoms with E-state index in [0.29, 0.717) is 0 Å². The van der Waals surface area contributed by atoms with Crippen molar-refractivity contribution in [3.05, 3.63) is 75.7 Å². The molecule has 1 aliphatic heterocycles. The van der Waals surface area contributed by atoms with Gasteiger partial charge in [0.2, 0.25) is 0 Å². The highest BCUT2D eigenvalue weighted by molar-refractivity contribution is 5.82. The van der Waals surface area contributed by atoms with E-state index in [-0.39, 0.29) is 0 Å². The molecule has 0 atom stereocenters. The Morgan fingerprint density at radius 1 is 0.879 bits per heavy atom. The monoisotopic (exact) mass is 438 g/mol. The van der Waals surface area contributed by atoms with Crippen LogP contribution in [0.1, 0.15) is 66.9 Å². The van der Waals surface area contributed by atoms with Crippen LogP contribution in [-0.4, -0.2) is 14.5 Å². The average molecular weight is 439 g/mol. The summed E-state index contributed by atoms with van der Waals surface area (Å²) in [5.41, 5.74) is 14.3. The van der Waals surface area contributed by atoms with Crippen molar-refractivity contribution >= 4 is 22.5 Å². The van der Waals surface area contributed by atoms with Gasteiger partial charge in [0.1, 0.15) is 11.3 Å². The van der Waals surface area contributed by atoms with E-state index in [4.69, 9.17) is 9.97 Å². The molecule has 2 aromatic heterocycles. The predicted octanol–water partition coefficient (Wildman–Crippen LogP) is 6.82. The third-order valence-corrected chi connectivity index (χ3v) is 7.24. The Kier molecular flexibility index (Phi) is 5.69. The summed E-state index contributed by atoms with van der Waals surface area (Å²) in [6, 6.07) is 10.8. The van der Waals surface area contributed by atoms with Gasteiger partial charge in [0, 0.05) is 24.0 Å². The number of benzene rings is 2. The number of nitrogens with zero attached hydrogens (tertiary/aromatic N) is 3. The lowest BCUT2D eigenvalue weighted by molar-refractivity contribution is 0.852. The molecule has 170 valence electrons. The molecule has 5 rings (SSSR count). The van der Waals surface area contributed by atoms with Crippen LogP contribution in [0.4, 0.5) is 11.4 Å². The highest BCUT2D eigenvalue weighted by atomic mass is 15.1. The first-order valence-electron chi connectivity index (χ1n) is 12.5. The first-order chi connectivity index (χ1) is 16.1. The Morgan fingerprint density at radius 3 is 2.36 bits per heavy atom. The van der Waals surface area contributed by atoms with Crippen molar-refractivity contribution in [2.75, 3.05) is 5.32 Å². The van der Waals surface area contributed by atoms with Crippen molar-refractivity contribution in [2.24, 2.45) is 0 Å². The molecule has 1 aliphatic rings. The van der Waals surface area contributed by atoms with E-state index in [9.17, 15) is 0 Å². The van der Waals surface area contributed by atoms with Gasteiger partial charge in [-0.25, -0.2) is 9.97 Å². The number of aromatic nitrogens is 3.